The molecule has 3 aromatic carbocycles. The Morgan fingerprint density at radius 2 is 1.68 bits per heavy atom. The highest BCUT2D eigenvalue weighted by molar-refractivity contribution is 6.03. The first-order valence-corrected chi connectivity index (χ1v) is 7.47. The predicted molar refractivity (Wildman–Crippen MR) is 91.6 cm³/mol. The molecule has 0 bridgehead atoms. The van der Waals surface area contributed by atoms with E-state index in [1.165, 1.54) is 19.1 Å². The van der Waals surface area contributed by atoms with Crippen molar-refractivity contribution in [3.63, 3.8) is 0 Å². The van der Waals surface area contributed by atoms with E-state index in [2.05, 4.69) is 10.5 Å². The fourth-order valence-electron chi connectivity index (χ4n) is 2.45. The van der Waals surface area contributed by atoms with Crippen molar-refractivity contribution in [2.24, 2.45) is 5.10 Å². The van der Waals surface area contributed by atoms with Crippen LogP contribution in [0.1, 0.15) is 22.8 Å². The van der Waals surface area contributed by atoms with E-state index in [1.54, 1.807) is 6.07 Å². The van der Waals surface area contributed by atoms with Gasteiger partial charge in [0.1, 0.15) is 17.4 Å². The minimum Gasteiger partial charge on any atom is -0.507 e. The monoisotopic (exact) mass is 340 g/mol. The number of carbonyl (C=O) groups is 1. The number of amides is 1. The summed E-state index contributed by atoms with van der Waals surface area (Å²) in [5.74, 6) is -2.29. The van der Waals surface area contributed by atoms with Crippen LogP contribution in [0.4, 0.5) is 8.78 Å². The summed E-state index contributed by atoms with van der Waals surface area (Å²) in [6.07, 6.45) is 0. The molecule has 0 spiro atoms. The van der Waals surface area contributed by atoms with Gasteiger partial charge in [0.2, 0.25) is 0 Å². The van der Waals surface area contributed by atoms with Gasteiger partial charge in [-0.3, -0.25) is 4.79 Å². The van der Waals surface area contributed by atoms with Crippen molar-refractivity contribution in [3.05, 3.63) is 77.4 Å². The molecule has 3 rings (SSSR count). The van der Waals surface area contributed by atoms with Gasteiger partial charge in [-0.1, -0.05) is 24.3 Å². The van der Waals surface area contributed by atoms with Crippen LogP contribution in [-0.2, 0) is 0 Å². The zero-order chi connectivity index (χ0) is 18.0. The van der Waals surface area contributed by atoms with Gasteiger partial charge in [-0.2, -0.15) is 5.10 Å². The quantitative estimate of drug-likeness (QED) is 0.560. The first-order chi connectivity index (χ1) is 12.0. The molecular formula is C19H14F2N2O2. The van der Waals surface area contributed by atoms with Crippen LogP contribution in [0, 0.1) is 11.6 Å². The molecule has 0 heterocycles. The number of hydrogen-bond donors (Lipinski definition) is 2. The second-order valence-electron chi connectivity index (χ2n) is 5.48. The Hall–Kier alpha value is -3.28. The van der Waals surface area contributed by atoms with Crippen molar-refractivity contribution in [1.82, 2.24) is 5.43 Å². The van der Waals surface area contributed by atoms with Crippen LogP contribution in [0.3, 0.4) is 0 Å². The molecule has 3 aromatic rings. The number of halogens is 2. The molecule has 0 aliphatic rings. The third-order valence-electron chi connectivity index (χ3n) is 3.75. The Morgan fingerprint density at radius 1 is 1.00 bits per heavy atom. The molecule has 0 atom stereocenters. The maximum Gasteiger partial charge on any atom is 0.275 e. The van der Waals surface area contributed by atoms with Crippen LogP contribution >= 0.6 is 0 Å². The van der Waals surface area contributed by atoms with Gasteiger partial charge in [-0.15, -0.1) is 0 Å². The molecule has 1 amide bonds. The second-order valence-corrected chi connectivity index (χ2v) is 5.48. The standard InChI is InChI=1S/C19H14F2N2O2/c1-11(15-7-6-14(20)10-17(15)21)22-23-19(25)16-8-12-4-2-3-5-13(12)9-18(16)24/h2-10,24H,1H3,(H,23,25)/b22-11-. The molecule has 0 unspecified atom stereocenters. The fraction of sp³-hybridized carbons (Fsp3) is 0.0526. The van der Waals surface area contributed by atoms with E-state index in [0.717, 1.165) is 22.9 Å². The molecule has 126 valence electrons. The number of nitrogens with one attached hydrogen (secondary N) is 1. The minimum absolute atomic E-state index is 0.0508. The third-order valence-corrected chi connectivity index (χ3v) is 3.75. The molecule has 25 heavy (non-hydrogen) atoms. The number of phenolic OH excluding ortho intramolecular Hbond substituents is 1. The topological polar surface area (TPSA) is 61.7 Å². The summed E-state index contributed by atoms with van der Waals surface area (Å²) in [6.45, 7) is 1.48. The molecule has 0 aliphatic heterocycles. The van der Waals surface area contributed by atoms with Crippen molar-refractivity contribution < 1.29 is 18.7 Å². The molecule has 0 saturated carbocycles. The van der Waals surface area contributed by atoms with Gasteiger partial charge in [-0.25, -0.2) is 14.2 Å². The van der Waals surface area contributed by atoms with Gasteiger partial charge in [0.15, 0.2) is 0 Å². The minimum atomic E-state index is -0.774. The molecule has 0 aromatic heterocycles. The summed E-state index contributed by atoms with van der Waals surface area (Å²) < 4.78 is 26.7. The summed E-state index contributed by atoms with van der Waals surface area (Å²) >= 11 is 0. The van der Waals surface area contributed by atoms with E-state index in [4.69, 9.17) is 0 Å². The first-order valence-electron chi connectivity index (χ1n) is 7.47. The number of hydrogen-bond acceptors (Lipinski definition) is 3. The van der Waals surface area contributed by atoms with Gasteiger partial charge < -0.3 is 5.11 Å². The number of nitrogens with zero attached hydrogens (tertiary/aromatic N) is 1. The van der Waals surface area contributed by atoms with E-state index in [9.17, 15) is 18.7 Å². The summed E-state index contributed by atoms with van der Waals surface area (Å²) in [5.41, 5.74) is 2.57. The Labute approximate surface area is 142 Å². The molecule has 0 saturated heterocycles. The number of aromatic hydroxyl groups is 1. The Morgan fingerprint density at radius 3 is 2.36 bits per heavy atom. The van der Waals surface area contributed by atoms with Crippen LogP contribution in [-0.4, -0.2) is 16.7 Å². The molecule has 0 aliphatic carbocycles. The molecule has 0 radical (unpaired) electrons. The van der Waals surface area contributed by atoms with Gasteiger partial charge in [0.25, 0.3) is 5.91 Å². The number of hydrazone groups is 1. The van der Waals surface area contributed by atoms with Crippen LogP contribution in [0.2, 0.25) is 0 Å². The van der Waals surface area contributed by atoms with Crippen molar-refractivity contribution in [3.8, 4) is 5.75 Å². The Kier molecular flexibility index (Phi) is 4.43. The zero-order valence-corrected chi connectivity index (χ0v) is 13.3. The largest absolute Gasteiger partial charge is 0.507 e. The normalized spacial score (nSPS) is 11.6. The number of rotatable bonds is 3. The van der Waals surface area contributed by atoms with Crippen molar-refractivity contribution in [1.29, 1.82) is 0 Å². The van der Waals surface area contributed by atoms with E-state index in [1.807, 2.05) is 24.3 Å². The highest BCUT2D eigenvalue weighted by Gasteiger charge is 2.13. The van der Waals surface area contributed by atoms with E-state index >= 15 is 0 Å². The van der Waals surface area contributed by atoms with Gasteiger partial charge in [0, 0.05) is 11.6 Å². The average Bonchev–Trinajstić information content (AvgIpc) is 2.58. The molecular weight excluding hydrogens is 326 g/mol. The van der Waals surface area contributed by atoms with E-state index < -0.39 is 17.5 Å². The fourth-order valence-corrected chi connectivity index (χ4v) is 2.45. The number of phenols is 1. The van der Waals surface area contributed by atoms with Gasteiger partial charge in [0.05, 0.1) is 11.3 Å². The predicted octanol–water partition coefficient (Wildman–Crippen LogP) is 3.98. The van der Waals surface area contributed by atoms with Crippen molar-refractivity contribution >= 4 is 22.4 Å². The Bertz CT molecular complexity index is 1000. The maximum atomic E-state index is 13.7. The smallest absolute Gasteiger partial charge is 0.275 e. The highest BCUT2D eigenvalue weighted by Crippen LogP contribution is 2.24. The van der Waals surface area contributed by atoms with E-state index in [0.29, 0.717) is 0 Å². The van der Waals surface area contributed by atoms with Crippen LogP contribution in [0.25, 0.3) is 10.8 Å². The summed E-state index contributed by atoms with van der Waals surface area (Å²) in [5, 5.41) is 15.4. The highest BCUT2D eigenvalue weighted by atomic mass is 19.1. The Balaban J connectivity index is 1.85. The molecule has 6 heteroatoms. The van der Waals surface area contributed by atoms with Crippen LogP contribution < -0.4 is 5.43 Å². The number of carbonyl (C=O) groups excluding carboxylic acids is 1. The maximum absolute atomic E-state index is 13.7. The first kappa shape index (κ1) is 16.6. The molecule has 4 nitrogen and oxygen atoms in total. The van der Waals surface area contributed by atoms with Crippen molar-refractivity contribution in [2.75, 3.05) is 0 Å². The van der Waals surface area contributed by atoms with Crippen LogP contribution in [0.15, 0.2) is 59.7 Å². The lowest BCUT2D eigenvalue weighted by atomic mass is 10.1. The van der Waals surface area contributed by atoms with Gasteiger partial charge in [-0.05, 0) is 42.0 Å². The van der Waals surface area contributed by atoms with Crippen LogP contribution in [0.5, 0.6) is 5.75 Å². The summed E-state index contributed by atoms with van der Waals surface area (Å²) in [6, 6.07) is 13.4. The average molecular weight is 340 g/mol. The van der Waals surface area contributed by atoms with Gasteiger partial charge >= 0.3 is 0 Å². The second kappa shape index (κ2) is 6.68. The number of fused-ring (bicyclic) bond motifs is 1. The summed E-state index contributed by atoms with van der Waals surface area (Å²) in [4.78, 5) is 12.3. The zero-order valence-electron chi connectivity index (χ0n) is 13.3. The van der Waals surface area contributed by atoms with Crippen molar-refractivity contribution in [2.45, 2.75) is 6.92 Å². The summed E-state index contributed by atoms with van der Waals surface area (Å²) in [7, 11) is 0. The third kappa shape index (κ3) is 3.47. The lowest BCUT2D eigenvalue weighted by Crippen LogP contribution is -2.19. The lowest BCUT2D eigenvalue weighted by molar-refractivity contribution is 0.0952. The molecule has 0 fully saturated rings. The SMILES string of the molecule is C/C(=N/NC(=O)c1cc2ccccc2cc1O)c1ccc(F)cc1F. The number of benzene rings is 3. The molecule has 2 N–H and O–H groups in total. The lowest BCUT2D eigenvalue weighted by Gasteiger charge is -2.07. The van der Waals surface area contributed by atoms with E-state index in [-0.39, 0.29) is 22.6 Å².